The van der Waals surface area contributed by atoms with Gasteiger partial charge in [0, 0.05) is 21.9 Å². The van der Waals surface area contributed by atoms with E-state index in [1.807, 2.05) is 0 Å². The minimum Gasteiger partial charge on any atom is -0.244 e. The number of hydrogen-bond acceptors (Lipinski definition) is 2. The van der Waals surface area contributed by atoms with Crippen LogP contribution in [0.1, 0.15) is 5.56 Å². The van der Waals surface area contributed by atoms with Gasteiger partial charge in [-0.1, -0.05) is 23.2 Å². The van der Waals surface area contributed by atoms with Gasteiger partial charge in [0.1, 0.15) is 16.8 Å². The third-order valence-corrected chi connectivity index (χ3v) is 3.81. The summed E-state index contributed by atoms with van der Waals surface area (Å²) in [4.78, 5) is 4.13. The second kappa shape index (κ2) is 5.87. The molecule has 0 bridgehead atoms. The molecule has 1 nitrogen and oxygen atoms in total. The Morgan fingerprint density at radius 3 is 2.67 bits per heavy atom. The highest BCUT2D eigenvalue weighted by atomic mass is 35.5. The number of aromatic nitrogens is 1. The Labute approximate surface area is 117 Å². The van der Waals surface area contributed by atoms with Gasteiger partial charge in [0.15, 0.2) is 0 Å². The third kappa shape index (κ3) is 3.34. The Morgan fingerprint density at radius 2 is 1.94 bits per heavy atom. The van der Waals surface area contributed by atoms with Gasteiger partial charge in [-0.25, -0.2) is 13.8 Å². The average Bonchev–Trinajstić information content (AvgIpc) is 2.32. The largest absolute Gasteiger partial charge is 0.244 e. The molecular formula is C12H7Cl2F2NS. The predicted octanol–water partition coefficient (Wildman–Crippen LogP) is 4.96. The lowest BCUT2D eigenvalue weighted by Crippen LogP contribution is -1.88. The van der Waals surface area contributed by atoms with Crippen LogP contribution >= 0.6 is 35.0 Å². The quantitative estimate of drug-likeness (QED) is 0.587. The van der Waals surface area contributed by atoms with Crippen molar-refractivity contribution in [1.82, 2.24) is 4.98 Å². The molecule has 0 unspecified atom stereocenters. The minimum atomic E-state index is -0.473. The van der Waals surface area contributed by atoms with E-state index >= 15 is 0 Å². The van der Waals surface area contributed by atoms with Crippen LogP contribution < -0.4 is 0 Å². The van der Waals surface area contributed by atoms with Crippen LogP contribution in [0.15, 0.2) is 35.4 Å². The second-order valence-corrected chi connectivity index (χ2v) is 5.27. The highest BCUT2D eigenvalue weighted by molar-refractivity contribution is 7.98. The zero-order chi connectivity index (χ0) is 13.1. The van der Waals surface area contributed by atoms with Gasteiger partial charge in [-0.15, -0.1) is 11.8 Å². The molecule has 0 saturated carbocycles. The molecule has 0 saturated heterocycles. The van der Waals surface area contributed by atoms with E-state index in [-0.39, 0.29) is 4.90 Å². The molecule has 0 amide bonds. The molecule has 1 aromatic heterocycles. The maximum Gasteiger partial charge on any atom is 0.136 e. The zero-order valence-electron chi connectivity index (χ0n) is 8.96. The van der Waals surface area contributed by atoms with E-state index < -0.39 is 11.6 Å². The third-order valence-electron chi connectivity index (χ3n) is 2.17. The van der Waals surface area contributed by atoms with Crippen LogP contribution in [0.5, 0.6) is 0 Å². The van der Waals surface area contributed by atoms with Crippen molar-refractivity contribution in [1.29, 1.82) is 0 Å². The molecule has 2 rings (SSSR count). The van der Waals surface area contributed by atoms with Crippen LogP contribution in [0.3, 0.4) is 0 Å². The predicted molar refractivity (Wildman–Crippen MR) is 70.2 cm³/mol. The average molecular weight is 306 g/mol. The van der Waals surface area contributed by atoms with Gasteiger partial charge in [0.05, 0.1) is 0 Å². The molecule has 18 heavy (non-hydrogen) atoms. The lowest BCUT2D eigenvalue weighted by atomic mass is 10.3. The van der Waals surface area contributed by atoms with Gasteiger partial charge in [0.25, 0.3) is 0 Å². The molecule has 1 aromatic carbocycles. The van der Waals surface area contributed by atoms with Crippen molar-refractivity contribution >= 4 is 35.0 Å². The van der Waals surface area contributed by atoms with Crippen LogP contribution in [0.2, 0.25) is 10.2 Å². The standard InChI is InChI=1S/C12H7Cl2F2NS/c13-9-4-12(14)17-5-7(9)6-18-11-3-8(15)1-2-10(11)16/h1-5H,6H2. The van der Waals surface area contributed by atoms with Crippen molar-refractivity contribution in [2.75, 3.05) is 0 Å². The molecule has 0 N–H and O–H groups in total. The monoisotopic (exact) mass is 305 g/mol. The molecule has 0 atom stereocenters. The normalized spacial score (nSPS) is 10.7. The molecule has 0 spiro atoms. The van der Waals surface area contributed by atoms with Crippen LogP contribution in [-0.2, 0) is 5.75 Å². The second-order valence-electron chi connectivity index (χ2n) is 3.46. The summed E-state index contributed by atoms with van der Waals surface area (Å²) in [7, 11) is 0. The molecule has 0 fully saturated rings. The molecule has 0 aliphatic carbocycles. The summed E-state index contributed by atoms with van der Waals surface area (Å²) in [6, 6.07) is 4.84. The number of pyridine rings is 1. The number of nitrogens with zero attached hydrogens (tertiary/aromatic N) is 1. The summed E-state index contributed by atoms with van der Waals surface area (Å²) in [5.74, 6) is -0.540. The van der Waals surface area contributed by atoms with Gasteiger partial charge < -0.3 is 0 Å². The molecule has 94 valence electrons. The van der Waals surface area contributed by atoms with E-state index in [2.05, 4.69) is 4.98 Å². The number of halogens is 4. The molecule has 0 aliphatic rings. The van der Waals surface area contributed by atoms with Gasteiger partial charge in [-0.05, 0) is 29.8 Å². The van der Waals surface area contributed by atoms with Crippen molar-refractivity contribution in [3.05, 3.63) is 57.8 Å². The van der Waals surface area contributed by atoms with Gasteiger partial charge in [0.2, 0.25) is 0 Å². The summed E-state index contributed by atoms with van der Waals surface area (Å²) in [5, 5.41) is 0.755. The Bertz CT molecular complexity index is 578. The topological polar surface area (TPSA) is 12.9 Å². The van der Waals surface area contributed by atoms with E-state index in [0.717, 1.165) is 35.5 Å². The maximum absolute atomic E-state index is 13.4. The summed E-state index contributed by atoms with van der Waals surface area (Å²) >= 11 is 12.8. The van der Waals surface area contributed by atoms with Crippen molar-refractivity contribution in [3.63, 3.8) is 0 Å². The Morgan fingerprint density at radius 1 is 1.17 bits per heavy atom. The fourth-order valence-electron chi connectivity index (χ4n) is 1.29. The molecule has 0 radical (unpaired) electrons. The Balaban J connectivity index is 2.13. The van der Waals surface area contributed by atoms with Crippen molar-refractivity contribution in [3.8, 4) is 0 Å². The zero-order valence-corrected chi connectivity index (χ0v) is 11.3. The van der Waals surface area contributed by atoms with E-state index in [4.69, 9.17) is 23.2 Å². The van der Waals surface area contributed by atoms with Crippen molar-refractivity contribution in [2.24, 2.45) is 0 Å². The fraction of sp³-hybridized carbons (Fsp3) is 0.0833. The highest BCUT2D eigenvalue weighted by Crippen LogP contribution is 2.29. The Hall–Kier alpha value is -0.840. The van der Waals surface area contributed by atoms with Crippen molar-refractivity contribution in [2.45, 2.75) is 10.6 Å². The fourth-order valence-corrected chi connectivity index (χ4v) is 2.74. The van der Waals surface area contributed by atoms with E-state index in [9.17, 15) is 8.78 Å². The lowest BCUT2D eigenvalue weighted by molar-refractivity contribution is 0.577. The first-order valence-electron chi connectivity index (χ1n) is 4.94. The number of rotatable bonds is 3. The molecular weight excluding hydrogens is 299 g/mol. The SMILES string of the molecule is Fc1ccc(F)c(SCc2cnc(Cl)cc2Cl)c1. The number of thioether (sulfide) groups is 1. The minimum absolute atomic E-state index is 0.237. The van der Waals surface area contributed by atoms with Crippen LogP contribution in [0.25, 0.3) is 0 Å². The van der Waals surface area contributed by atoms with Crippen LogP contribution in [0, 0.1) is 11.6 Å². The van der Waals surface area contributed by atoms with E-state index in [0.29, 0.717) is 15.9 Å². The van der Waals surface area contributed by atoms with E-state index in [1.165, 1.54) is 12.3 Å². The van der Waals surface area contributed by atoms with Crippen LogP contribution in [0.4, 0.5) is 8.78 Å². The molecule has 2 aromatic rings. The van der Waals surface area contributed by atoms with Gasteiger partial charge in [-0.3, -0.25) is 0 Å². The van der Waals surface area contributed by atoms with Crippen LogP contribution in [-0.4, -0.2) is 4.98 Å². The highest BCUT2D eigenvalue weighted by Gasteiger charge is 2.07. The summed E-state index contributed by atoms with van der Waals surface area (Å²) in [5.41, 5.74) is 0.717. The first-order valence-corrected chi connectivity index (χ1v) is 6.68. The number of benzene rings is 1. The smallest absolute Gasteiger partial charge is 0.136 e. The molecule has 1 heterocycles. The Kier molecular flexibility index (Phi) is 4.43. The van der Waals surface area contributed by atoms with Gasteiger partial charge >= 0.3 is 0 Å². The van der Waals surface area contributed by atoms with Crippen molar-refractivity contribution < 1.29 is 8.78 Å². The number of hydrogen-bond donors (Lipinski definition) is 0. The summed E-state index contributed by atoms with van der Waals surface area (Å²) in [6.45, 7) is 0. The molecule has 0 aliphatic heterocycles. The maximum atomic E-state index is 13.4. The summed E-state index contributed by atoms with van der Waals surface area (Å²) in [6.07, 6.45) is 1.52. The van der Waals surface area contributed by atoms with Gasteiger partial charge in [-0.2, -0.15) is 0 Å². The molecule has 6 heteroatoms. The first-order chi connectivity index (χ1) is 8.56. The summed E-state index contributed by atoms with van der Waals surface area (Å²) < 4.78 is 26.3. The lowest BCUT2D eigenvalue weighted by Gasteiger charge is -2.05. The van der Waals surface area contributed by atoms with E-state index in [1.54, 1.807) is 0 Å². The first kappa shape index (κ1) is 13.6.